The average molecular weight is 436 g/mol. The molecular weight excluding hydrogens is 416 g/mol. The highest BCUT2D eigenvalue weighted by Gasteiger charge is 2.22. The number of ether oxygens (including phenoxy) is 1. The number of aromatic nitrogens is 1. The van der Waals surface area contributed by atoms with Gasteiger partial charge < -0.3 is 14.5 Å². The van der Waals surface area contributed by atoms with Gasteiger partial charge in [-0.1, -0.05) is 18.2 Å². The minimum atomic E-state index is -3.74. The largest absolute Gasteiger partial charge is 0.495 e. The molecule has 7 nitrogen and oxygen atoms in total. The number of benzene rings is 2. The number of nitrogens with one attached hydrogen (secondary N) is 1. The van der Waals surface area contributed by atoms with Gasteiger partial charge in [0.2, 0.25) is 9.84 Å². The van der Waals surface area contributed by atoms with Crippen LogP contribution >= 0.6 is 0 Å². The van der Waals surface area contributed by atoms with Crippen LogP contribution in [0.15, 0.2) is 81.2 Å². The minimum Gasteiger partial charge on any atom is -0.495 e. The third kappa shape index (κ3) is 4.15. The van der Waals surface area contributed by atoms with Crippen molar-refractivity contribution >= 4 is 26.7 Å². The van der Waals surface area contributed by atoms with Gasteiger partial charge in [0.15, 0.2) is 11.3 Å². The molecule has 0 saturated heterocycles. The Hall–Kier alpha value is -3.65. The van der Waals surface area contributed by atoms with Crippen molar-refractivity contribution in [2.75, 3.05) is 7.11 Å². The third-order valence-corrected chi connectivity index (χ3v) is 6.63. The van der Waals surface area contributed by atoms with Crippen molar-refractivity contribution in [2.24, 2.45) is 0 Å². The lowest BCUT2D eigenvalue weighted by molar-refractivity contribution is 0.0925. The van der Waals surface area contributed by atoms with Crippen LogP contribution in [-0.4, -0.2) is 26.4 Å². The topological polar surface area (TPSA) is 98.5 Å². The van der Waals surface area contributed by atoms with E-state index in [4.69, 9.17) is 9.15 Å². The molecule has 158 valence electrons. The summed E-state index contributed by atoms with van der Waals surface area (Å²) in [5.41, 5.74) is 2.11. The van der Waals surface area contributed by atoms with E-state index < -0.39 is 9.84 Å². The summed E-state index contributed by atoms with van der Waals surface area (Å²) in [5, 5.41) is 3.56. The van der Waals surface area contributed by atoms with E-state index in [1.807, 2.05) is 6.92 Å². The zero-order chi connectivity index (χ0) is 22.0. The van der Waals surface area contributed by atoms with E-state index in [9.17, 15) is 13.2 Å². The lowest BCUT2D eigenvalue weighted by Gasteiger charge is -2.11. The van der Waals surface area contributed by atoms with Crippen LogP contribution in [0.1, 0.15) is 21.7 Å². The van der Waals surface area contributed by atoms with Gasteiger partial charge in [-0.3, -0.25) is 9.78 Å². The van der Waals surface area contributed by atoms with Gasteiger partial charge in [-0.25, -0.2) is 8.42 Å². The van der Waals surface area contributed by atoms with Crippen molar-refractivity contribution < 1.29 is 22.4 Å². The number of carbonyl (C=O) groups excluding carboxylic acids is 1. The van der Waals surface area contributed by atoms with Crippen molar-refractivity contribution in [1.29, 1.82) is 0 Å². The molecule has 0 saturated carbocycles. The highest BCUT2D eigenvalue weighted by atomic mass is 32.2. The molecule has 0 bridgehead atoms. The normalized spacial score (nSPS) is 11.4. The zero-order valence-electron chi connectivity index (χ0n) is 17.0. The van der Waals surface area contributed by atoms with E-state index in [0.717, 1.165) is 16.5 Å². The van der Waals surface area contributed by atoms with E-state index in [-0.39, 0.29) is 28.0 Å². The fraction of sp³-hybridized carbons (Fsp3) is 0.130. The second-order valence-electron chi connectivity index (χ2n) is 7.01. The first-order chi connectivity index (χ1) is 14.9. The van der Waals surface area contributed by atoms with Gasteiger partial charge in [0.05, 0.1) is 18.2 Å². The Kier molecular flexibility index (Phi) is 5.48. The Balaban J connectivity index is 1.49. The molecule has 0 aliphatic rings. The number of nitrogens with zero attached hydrogens (tertiary/aromatic N) is 1. The van der Waals surface area contributed by atoms with Crippen LogP contribution in [0.3, 0.4) is 0 Å². The molecule has 0 spiro atoms. The summed E-state index contributed by atoms with van der Waals surface area (Å²) >= 11 is 0. The Morgan fingerprint density at radius 1 is 1.10 bits per heavy atom. The number of rotatable bonds is 6. The minimum absolute atomic E-state index is 0.121. The van der Waals surface area contributed by atoms with Crippen molar-refractivity contribution in [3.63, 3.8) is 0 Å². The molecule has 0 atom stereocenters. The maximum Gasteiger partial charge on any atom is 0.287 e. The molecule has 1 amide bonds. The third-order valence-electron chi connectivity index (χ3n) is 4.84. The fourth-order valence-corrected chi connectivity index (χ4v) is 4.68. The Bertz CT molecular complexity index is 1330. The molecule has 0 aliphatic carbocycles. The van der Waals surface area contributed by atoms with Gasteiger partial charge in [0.1, 0.15) is 10.6 Å². The second-order valence-corrected chi connectivity index (χ2v) is 8.93. The number of sulfone groups is 1. The van der Waals surface area contributed by atoms with E-state index in [1.54, 1.807) is 54.9 Å². The highest BCUT2D eigenvalue weighted by molar-refractivity contribution is 7.91. The van der Waals surface area contributed by atoms with E-state index in [2.05, 4.69) is 10.3 Å². The number of methoxy groups -OCH3 is 1. The second kappa shape index (κ2) is 8.23. The number of hydrogen-bond donors (Lipinski definition) is 1. The molecule has 4 rings (SSSR count). The first-order valence-electron chi connectivity index (χ1n) is 9.49. The van der Waals surface area contributed by atoms with Crippen LogP contribution in [0.4, 0.5) is 0 Å². The fourth-order valence-electron chi connectivity index (χ4n) is 3.17. The Morgan fingerprint density at radius 3 is 2.58 bits per heavy atom. The Morgan fingerprint density at radius 2 is 1.87 bits per heavy atom. The monoisotopic (exact) mass is 436 g/mol. The predicted molar refractivity (Wildman–Crippen MR) is 115 cm³/mol. The van der Waals surface area contributed by atoms with Crippen molar-refractivity contribution in [2.45, 2.75) is 23.3 Å². The number of aryl methyl sites for hydroxylation is 1. The summed E-state index contributed by atoms with van der Waals surface area (Å²) in [6.07, 6.45) is 3.18. The molecule has 8 heteroatoms. The zero-order valence-corrected chi connectivity index (χ0v) is 17.8. The summed E-state index contributed by atoms with van der Waals surface area (Å²) < 4.78 is 36.8. The summed E-state index contributed by atoms with van der Waals surface area (Å²) in [7, 11) is -2.30. The molecule has 2 aromatic carbocycles. The van der Waals surface area contributed by atoms with Crippen LogP contribution in [-0.2, 0) is 16.4 Å². The number of hydrogen-bond acceptors (Lipinski definition) is 6. The first kappa shape index (κ1) is 20.6. The van der Waals surface area contributed by atoms with Gasteiger partial charge in [0, 0.05) is 18.1 Å². The smallest absolute Gasteiger partial charge is 0.287 e. The quantitative estimate of drug-likeness (QED) is 0.492. The number of fused-ring (bicyclic) bond motifs is 1. The lowest BCUT2D eigenvalue weighted by atomic mass is 10.2. The predicted octanol–water partition coefficient (Wildman–Crippen LogP) is 3.91. The summed E-state index contributed by atoms with van der Waals surface area (Å²) in [6.45, 7) is 2.05. The SMILES string of the molecule is COc1ccc(C)cc1S(=O)(=O)c1ccc(CNC(=O)c2cc3ccncc3o2)cc1. The average Bonchev–Trinajstić information content (AvgIpc) is 3.22. The van der Waals surface area contributed by atoms with Crippen LogP contribution in [0.25, 0.3) is 11.0 Å². The first-order valence-corrected chi connectivity index (χ1v) is 11.0. The van der Waals surface area contributed by atoms with Gasteiger partial charge in [-0.2, -0.15) is 0 Å². The van der Waals surface area contributed by atoms with Crippen LogP contribution in [0, 0.1) is 6.92 Å². The highest BCUT2D eigenvalue weighted by Crippen LogP contribution is 2.30. The number of carbonyl (C=O) groups is 1. The van der Waals surface area contributed by atoms with E-state index in [1.165, 1.54) is 19.2 Å². The van der Waals surface area contributed by atoms with Crippen molar-refractivity contribution in [3.8, 4) is 5.75 Å². The maximum atomic E-state index is 13.0. The molecule has 0 aliphatic heterocycles. The van der Waals surface area contributed by atoms with Gasteiger partial charge in [0.25, 0.3) is 5.91 Å². The summed E-state index contributed by atoms with van der Waals surface area (Å²) in [4.78, 5) is 16.6. The van der Waals surface area contributed by atoms with Crippen LogP contribution < -0.4 is 10.1 Å². The number of furan rings is 1. The molecule has 31 heavy (non-hydrogen) atoms. The lowest BCUT2D eigenvalue weighted by Crippen LogP contribution is -2.22. The number of amides is 1. The van der Waals surface area contributed by atoms with Gasteiger partial charge >= 0.3 is 0 Å². The van der Waals surface area contributed by atoms with Gasteiger partial charge in [-0.05, 0) is 54.4 Å². The standard InChI is InChI=1S/C23H20N2O5S/c1-15-3-8-19(29-2)22(11-15)31(27,28)18-6-4-16(5-7-18)13-25-23(26)20-12-17-9-10-24-14-21(17)30-20/h3-12,14H,13H2,1-2H3,(H,25,26). The summed E-state index contributed by atoms with van der Waals surface area (Å²) in [5.74, 6) is 0.120. The van der Waals surface area contributed by atoms with Crippen molar-refractivity contribution in [3.05, 3.63) is 83.9 Å². The molecule has 2 heterocycles. The summed E-state index contributed by atoms with van der Waals surface area (Å²) in [6, 6.07) is 14.8. The van der Waals surface area contributed by atoms with Crippen LogP contribution in [0.5, 0.6) is 5.75 Å². The molecule has 2 aromatic heterocycles. The number of pyridine rings is 1. The van der Waals surface area contributed by atoms with Crippen LogP contribution in [0.2, 0.25) is 0 Å². The van der Waals surface area contributed by atoms with Crippen molar-refractivity contribution in [1.82, 2.24) is 10.3 Å². The maximum absolute atomic E-state index is 13.0. The molecule has 4 aromatic rings. The molecule has 0 fully saturated rings. The molecule has 0 radical (unpaired) electrons. The van der Waals surface area contributed by atoms with E-state index >= 15 is 0 Å². The van der Waals surface area contributed by atoms with E-state index in [0.29, 0.717) is 11.3 Å². The Labute approximate surface area is 179 Å². The molecular formula is C23H20N2O5S. The molecule has 1 N–H and O–H groups in total. The molecule has 0 unspecified atom stereocenters. The van der Waals surface area contributed by atoms with Gasteiger partial charge in [-0.15, -0.1) is 0 Å².